The van der Waals surface area contributed by atoms with Crippen LogP contribution in [0, 0.1) is 16.2 Å². The molecule has 18 heavy (non-hydrogen) atoms. The van der Waals surface area contributed by atoms with Crippen LogP contribution in [0.1, 0.15) is 48.5 Å². The molecule has 2 rings (SSSR count). The molecular weight excluding hydrogens is 220 g/mol. The molecule has 2 heteroatoms. The van der Waals surface area contributed by atoms with Crippen LogP contribution >= 0.6 is 0 Å². The summed E-state index contributed by atoms with van der Waals surface area (Å²) in [4.78, 5) is 6.95. The Kier molecular flexibility index (Phi) is 2.77. The van der Waals surface area contributed by atoms with Gasteiger partial charge in [-0.05, 0) is 22.5 Å². The highest BCUT2D eigenvalue weighted by atomic mass is 15.2. The smallest absolute Gasteiger partial charge is 0.132 e. The van der Waals surface area contributed by atoms with Gasteiger partial charge in [-0.1, -0.05) is 48.5 Å². The molecule has 100 valence electrons. The third-order valence-electron chi connectivity index (χ3n) is 4.49. The van der Waals surface area contributed by atoms with Gasteiger partial charge >= 0.3 is 0 Å². The van der Waals surface area contributed by atoms with E-state index in [1.165, 1.54) is 11.4 Å². The SMILES string of the molecule is CC(C)(C)C1=C2N=CC=CN2CC1(C)C(C)(C)C. The van der Waals surface area contributed by atoms with Crippen LogP contribution in [-0.4, -0.2) is 17.7 Å². The van der Waals surface area contributed by atoms with Crippen molar-refractivity contribution in [1.82, 2.24) is 4.90 Å². The first kappa shape index (κ1) is 13.4. The van der Waals surface area contributed by atoms with Crippen molar-refractivity contribution in [1.29, 1.82) is 0 Å². The number of hydrogen-bond donors (Lipinski definition) is 0. The molecule has 0 aromatic carbocycles. The second-order valence-electron chi connectivity index (χ2n) is 7.78. The summed E-state index contributed by atoms with van der Waals surface area (Å²) in [5, 5.41) is 0. The largest absolute Gasteiger partial charge is 0.332 e. The maximum Gasteiger partial charge on any atom is 0.132 e. The Bertz CT molecular complexity index is 441. The lowest BCUT2D eigenvalue weighted by Gasteiger charge is -2.44. The predicted molar refractivity (Wildman–Crippen MR) is 78.4 cm³/mol. The van der Waals surface area contributed by atoms with Crippen LogP contribution in [0.15, 0.2) is 28.7 Å². The van der Waals surface area contributed by atoms with E-state index >= 15 is 0 Å². The molecule has 0 aromatic rings. The molecule has 0 aliphatic carbocycles. The van der Waals surface area contributed by atoms with E-state index in [0.29, 0.717) is 0 Å². The molecule has 2 aliphatic heterocycles. The number of rotatable bonds is 0. The van der Waals surface area contributed by atoms with Gasteiger partial charge in [0, 0.05) is 24.4 Å². The highest BCUT2D eigenvalue weighted by Gasteiger charge is 2.51. The lowest BCUT2D eigenvalue weighted by atomic mass is 9.59. The average molecular weight is 246 g/mol. The van der Waals surface area contributed by atoms with Crippen molar-refractivity contribution in [2.45, 2.75) is 48.5 Å². The first-order valence-corrected chi connectivity index (χ1v) is 6.80. The fourth-order valence-corrected chi connectivity index (χ4v) is 3.18. The molecule has 0 bridgehead atoms. The van der Waals surface area contributed by atoms with Crippen molar-refractivity contribution in [2.24, 2.45) is 21.2 Å². The van der Waals surface area contributed by atoms with E-state index in [9.17, 15) is 0 Å². The minimum absolute atomic E-state index is 0.147. The molecule has 0 N–H and O–H groups in total. The Hall–Kier alpha value is -1.05. The molecule has 0 radical (unpaired) electrons. The monoisotopic (exact) mass is 246 g/mol. The van der Waals surface area contributed by atoms with E-state index in [2.05, 4.69) is 64.6 Å². The van der Waals surface area contributed by atoms with Crippen molar-refractivity contribution in [2.75, 3.05) is 6.54 Å². The van der Waals surface area contributed by atoms with Gasteiger partial charge in [0.1, 0.15) is 5.82 Å². The quantitative estimate of drug-likeness (QED) is 0.625. The standard InChI is InChI=1S/C16H26N2/c1-14(2,3)12-13-17-9-8-10-18(13)11-16(12,7)15(4,5)6/h8-10H,11H2,1-7H3. The second kappa shape index (κ2) is 3.72. The number of allylic oxidation sites excluding steroid dienone is 1. The average Bonchev–Trinajstić information content (AvgIpc) is 2.49. The summed E-state index contributed by atoms with van der Waals surface area (Å²) < 4.78 is 0. The van der Waals surface area contributed by atoms with Gasteiger partial charge in [0.2, 0.25) is 0 Å². The van der Waals surface area contributed by atoms with Gasteiger partial charge in [-0.3, -0.25) is 0 Å². The van der Waals surface area contributed by atoms with Gasteiger partial charge in [-0.25, -0.2) is 4.99 Å². The summed E-state index contributed by atoms with van der Waals surface area (Å²) in [6, 6.07) is 0. The number of hydrogen-bond acceptors (Lipinski definition) is 2. The van der Waals surface area contributed by atoms with Crippen molar-refractivity contribution in [3.05, 3.63) is 23.7 Å². The minimum atomic E-state index is 0.147. The van der Waals surface area contributed by atoms with Crippen molar-refractivity contribution >= 4 is 6.21 Å². The Labute approximate surface area is 111 Å². The van der Waals surface area contributed by atoms with Crippen molar-refractivity contribution in [3.63, 3.8) is 0 Å². The normalized spacial score (nSPS) is 28.1. The van der Waals surface area contributed by atoms with Crippen LogP contribution < -0.4 is 0 Å². The zero-order valence-corrected chi connectivity index (χ0v) is 12.8. The Morgan fingerprint density at radius 1 is 1.17 bits per heavy atom. The molecule has 0 aromatic heterocycles. The topological polar surface area (TPSA) is 15.6 Å². The third-order valence-corrected chi connectivity index (χ3v) is 4.49. The fourth-order valence-electron chi connectivity index (χ4n) is 3.18. The Balaban J connectivity index is 2.63. The summed E-state index contributed by atoms with van der Waals surface area (Å²) in [6.45, 7) is 17.3. The summed E-state index contributed by atoms with van der Waals surface area (Å²) in [5.41, 5.74) is 2.02. The molecule has 1 atom stereocenters. The lowest BCUT2D eigenvalue weighted by Crippen LogP contribution is -2.40. The van der Waals surface area contributed by atoms with E-state index in [1.54, 1.807) is 0 Å². The summed E-state index contributed by atoms with van der Waals surface area (Å²) in [5.74, 6) is 1.17. The molecule has 0 amide bonds. The zero-order chi connectivity index (χ0) is 13.8. The van der Waals surface area contributed by atoms with Crippen LogP contribution in [0.3, 0.4) is 0 Å². The number of aliphatic imine (C=N–C) groups is 1. The predicted octanol–water partition coefficient (Wildman–Crippen LogP) is 4.21. The van der Waals surface area contributed by atoms with Gasteiger partial charge in [0.25, 0.3) is 0 Å². The van der Waals surface area contributed by atoms with Crippen LogP contribution in [0.4, 0.5) is 0 Å². The van der Waals surface area contributed by atoms with Crippen LogP contribution in [0.25, 0.3) is 0 Å². The lowest BCUT2D eigenvalue weighted by molar-refractivity contribution is 0.125. The van der Waals surface area contributed by atoms with Crippen molar-refractivity contribution in [3.8, 4) is 0 Å². The Morgan fingerprint density at radius 3 is 2.28 bits per heavy atom. The van der Waals surface area contributed by atoms with E-state index in [1.807, 2.05) is 12.3 Å². The van der Waals surface area contributed by atoms with E-state index < -0.39 is 0 Å². The summed E-state index contributed by atoms with van der Waals surface area (Å²) >= 11 is 0. The van der Waals surface area contributed by atoms with Gasteiger partial charge in [-0.15, -0.1) is 0 Å². The second-order valence-corrected chi connectivity index (χ2v) is 7.78. The number of fused-ring (bicyclic) bond motifs is 1. The van der Waals surface area contributed by atoms with Crippen LogP contribution in [0.5, 0.6) is 0 Å². The summed E-state index contributed by atoms with van der Waals surface area (Å²) in [7, 11) is 0. The van der Waals surface area contributed by atoms with E-state index in [-0.39, 0.29) is 16.2 Å². The molecule has 1 unspecified atom stereocenters. The number of nitrogens with zero attached hydrogens (tertiary/aromatic N) is 2. The van der Waals surface area contributed by atoms with Gasteiger partial charge in [0.15, 0.2) is 0 Å². The van der Waals surface area contributed by atoms with Gasteiger partial charge in [0.05, 0.1) is 0 Å². The first-order valence-electron chi connectivity index (χ1n) is 6.80. The third kappa shape index (κ3) is 1.82. The van der Waals surface area contributed by atoms with Gasteiger partial charge in [-0.2, -0.15) is 0 Å². The Morgan fingerprint density at radius 2 is 1.78 bits per heavy atom. The molecule has 2 nitrogen and oxygen atoms in total. The summed E-state index contributed by atoms with van der Waals surface area (Å²) in [6.07, 6.45) is 6.09. The maximum absolute atomic E-state index is 4.64. The van der Waals surface area contributed by atoms with Crippen LogP contribution in [-0.2, 0) is 0 Å². The van der Waals surface area contributed by atoms with E-state index in [0.717, 1.165) is 6.54 Å². The molecular formula is C16H26N2. The highest BCUT2D eigenvalue weighted by molar-refractivity contribution is 5.74. The minimum Gasteiger partial charge on any atom is -0.332 e. The molecule has 0 saturated carbocycles. The zero-order valence-electron chi connectivity index (χ0n) is 12.8. The maximum atomic E-state index is 4.64. The van der Waals surface area contributed by atoms with E-state index in [4.69, 9.17) is 0 Å². The fraction of sp³-hybridized carbons (Fsp3) is 0.688. The van der Waals surface area contributed by atoms with Crippen LogP contribution in [0.2, 0.25) is 0 Å². The van der Waals surface area contributed by atoms with Crippen molar-refractivity contribution < 1.29 is 0 Å². The highest BCUT2D eigenvalue weighted by Crippen LogP contribution is 2.56. The molecule has 2 aliphatic rings. The molecule has 0 fully saturated rings. The van der Waals surface area contributed by atoms with Gasteiger partial charge < -0.3 is 4.90 Å². The molecule has 2 heterocycles. The first-order chi connectivity index (χ1) is 8.07. The molecule has 0 spiro atoms. The molecule has 0 saturated heterocycles.